The van der Waals surface area contributed by atoms with Crippen molar-refractivity contribution >= 4 is 33.6 Å². The molecule has 1 aromatic heterocycles. The van der Waals surface area contributed by atoms with E-state index in [2.05, 4.69) is 21.4 Å². The third kappa shape index (κ3) is 5.81. The van der Waals surface area contributed by atoms with E-state index in [1.54, 1.807) is 27.8 Å². The molecule has 0 aliphatic heterocycles. The Morgan fingerprint density at radius 1 is 1.05 bits per heavy atom. The monoisotopic (exact) mass is 571 g/mol. The highest BCUT2D eigenvalue weighted by Gasteiger charge is 2.37. The van der Waals surface area contributed by atoms with Gasteiger partial charge in [0, 0.05) is 30.9 Å². The summed E-state index contributed by atoms with van der Waals surface area (Å²) in [5, 5.41) is 5.36. The van der Waals surface area contributed by atoms with Crippen LogP contribution in [0, 0.1) is 4.78 Å². The van der Waals surface area contributed by atoms with Gasteiger partial charge in [0.25, 0.3) is 5.91 Å². The van der Waals surface area contributed by atoms with E-state index >= 15 is 0 Å². The van der Waals surface area contributed by atoms with Gasteiger partial charge in [0.1, 0.15) is 11.9 Å². The highest BCUT2D eigenvalue weighted by Crippen LogP contribution is 2.38. The van der Waals surface area contributed by atoms with Crippen molar-refractivity contribution in [3.63, 3.8) is 0 Å². The lowest BCUT2D eigenvalue weighted by Gasteiger charge is -2.41. The topological polar surface area (TPSA) is 154 Å². The van der Waals surface area contributed by atoms with E-state index in [1.807, 2.05) is 0 Å². The Labute approximate surface area is 234 Å². The summed E-state index contributed by atoms with van der Waals surface area (Å²) in [6.07, 6.45) is 7.56. The molecule has 0 bridgehead atoms. The number of amides is 4. The Hall–Kier alpha value is -3.54. The number of alkyl carbamates (subject to hydrolysis) is 1. The molecule has 11 nitrogen and oxygen atoms in total. The number of carbonyl (C=O) groups is 3. The zero-order valence-electron chi connectivity index (χ0n) is 23.3. The molecule has 0 saturated heterocycles. The summed E-state index contributed by atoms with van der Waals surface area (Å²) >= 11 is 0. The van der Waals surface area contributed by atoms with Crippen molar-refractivity contribution in [3.8, 4) is 0 Å². The number of nitrogens with zero attached hydrogens (tertiary/aromatic N) is 1. The third-order valence-corrected chi connectivity index (χ3v) is 9.01. The first-order valence-electron chi connectivity index (χ1n) is 13.7. The van der Waals surface area contributed by atoms with Gasteiger partial charge in [0.15, 0.2) is 9.92 Å². The van der Waals surface area contributed by atoms with Gasteiger partial charge in [-0.1, -0.05) is 6.07 Å². The van der Waals surface area contributed by atoms with Crippen LogP contribution in [-0.2, 0) is 40.3 Å². The number of benzene rings is 1. The highest BCUT2D eigenvalue weighted by molar-refractivity contribution is 7.91. The second-order valence-electron chi connectivity index (χ2n) is 11.9. The van der Waals surface area contributed by atoms with Crippen molar-refractivity contribution in [2.45, 2.75) is 94.9 Å². The highest BCUT2D eigenvalue weighted by atomic mass is 32.2. The number of furan rings is 1. The first-order chi connectivity index (χ1) is 18.8. The number of rotatable bonds is 6. The molecule has 1 aromatic carbocycles. The summed E-state index contributed by atoms with van der Waals surface area (Å²) in [6, 6.07) is 2.54. The van der Waals surface area contributed by atoms with Crippen LogP contribution < -0.4 is 15.4 Å². The molecular weight excluding hydrogens is 534 g/mol. The summed E-state index contributed by atoms with van der Waals surface area (Å²) in [5.41, 5.74) is 5.07. The summed E-state index contributed by atoms with van der Waals surface area (Å²) in [7, 11) is -2.21. The first kappa shape index (κ1) is 28.0. The van der Waals surface area contributed by atoms with E-state index in [4.69, 9.17) is 13.9 Å². The van der Waals surface area contributed by atoms with Crippen LogP contribution in [0.3, 0.4) is 0 Å². The van der Waals surface area contributed by atoms with Gasteiger partial charge in [-0.3, -0.25) is 4.79 Å². The minimum atomic E-state index is -3.86. The molecule has 5 rings (SSSR count). The van der Waals surface area contributed by atoms with Gasteiger partial charge in [-0.15, -0.1) is 0 Å². The molecule has 0 spiro atoms. The number of hydrogen-bond acceptors (Lipinski definition) is 7. The maximum atomic E-state index is 13.1. The lowest BCUT2D eigenvalue weighted by Crippen LogP contribution is -2.54. The predicted molar refractivity (Wildman–Crippen MR) is 149 cm³/mol. The molecule has 4 amide bonds. The van der Waals surface area contributed by atoms with E-state index in [-0.39, 0.29) is 28.6 Å². The van der Waals surface area contributed by atoms with E-state index in [1.165, 1.54) is 22.1 Å². The molecule has 12 heteroatoms. The normalized spacial score (nSPS) is 20.9. The van der Waals surface area contributed by atoms with Crippen molar-refractivity contribution in [2.24, 2.45) is 0 Å². The molecule has 2 aromatic rings. The Morgan fingerprint density at radius 3 is 2.27 bits per heavy atom. The summed E-state index contributed by atoms with van der Waals surface area (Å²) < 4.78 is 34.3. The zero-order chi connectivity index (χ0) is 28.8. The molecule has 3 aliphatic rings. The fraction of sp³-hybridized carbons (Fsp3) is 0.536. The molecule has 1 fully saturated rings. The van der Waals surface area contributed by atoms with Gasteiger partial charge in [-0.2, -0.15) is 0 Å². The van der Waals surface area contributed by atoms with Gasteiger partial charge < -0.3 is 24.7 Å². The second kappa shape index (κ2) is 10.5. The molecule has 3 aliphatic carbocycles. The van der Waals surface area contributed by atoms with E-state index in [0.717, 1.165) is 61.6 Å². The predicted octanol–water partition coefficient (Wildman–Crippen LogP) is 4.53. The number of hydrogen-bond donors (Lipinski definition) is 4. The van der Waals surface area contributed by atoms with Crippen LogP contribution in [0.25, 0.3) is 0 Å². The molecule has 1 saturated carbocycles. The average molecular weight is 572 g/mol. The molecule has 1 heterocycles. The Bertz CT molecular complexity index is 1420. The second-order valence-corrected chi connectivity index (χ2v) is 13.6. The first-order valence-corrected chi connectivity index (χ1v) is 15.3. The summed E-state index contributed by atoms with van der Waals surface area (Å²) in [6.45, 7) is 5.37. The fourth-order valence-corrected chi connectivity index (χ4v) is 6.62. The average Bonchev–Trinajstić information content (AvgIpc) is 3.59. The Morgan fingerprint density at radius 2 is 1.68 bits per heavy atom. The van der Waals surface area contributed by atoms with Crippen LogP contribution in [0.4, 0.5) is 15.3 Å². The molecule has 0 radical (unpaired) electrons. The van der Waals surface area contributed by atoms with Crippen LogP contribution in [0.1, 0.15) is 79.1 Å². The van der Waals surface area contributed by atoms with Gasteiger partial charge in [-0.25, -0.2) is 23.3 Å². The van der Waals surface area contributed by atoms with Gasteiger partial charge >= 0.3 is 12.1 Å². The van der Waals surface area contributed by atoms with E-state index in [9.17, 15) is 18.6 Å². The van der Waals surface area contributed by atoms with Gasteiger partial charge in [0.2, 0.25) is 5.09 Å². The van der Waals surface area contributed by atoms with Crippen LogP contribution >= 0.6 is 0 Å². The zero-order valence-corrected chi connectivity index (χ0v) is 24.2. The maximum absolute atomic E-state index is 13.1. The van der Waals surface area contributed by atoms with Crippen LogP contribution in [0.5, 0.6) is 0 Å². The largest absolute Gasteiger partial charge is 0.452 e. The van der Waals surface area contributed by atoms with Crippen molar-refractivity contribution in [1.82, 2.24) is 14.9 Å². The van der Waals surface area contributed by atoms with Crippen LogP contribution in [-0.4, -0.2) is 51.9 Å². The standard InChI is InChI=1S/C28H37N5O6S/c1-28(2,3)39-27(36)30-19-13-20(14-19)33(4)25(34)18-12-23(38-15-18)40(29,37)32-26(35)31-24-21-9-5-7-16(21)11-17-8-6-10-22(17)24/h11-12,15,19-20H,5-10,13-14H2,1-4H3,(H,30,36)(H3,29,31,32,35,37). The number of anilines is 1. The molecule has 216 valence electrons. The number of carbonyl (C=O) groups excluding carboxylic acids is 3. The number of fused-ring (bicyclic) bond motifs is 2. The molecular formula is C28H37N5O6S. The summed E-state index contributed by atoms with van der Waals surface area (Å²) in [5.74, 6) is -0.370. The van der Waals surface area contributed by atoms with Crippen molar-refractivity contribution < 1.29 is 27.7 Å². The molecule has 1 unspecified atom stereocenters. The van der Waals surface area contributed by atoms with Crippen LogP contribution in [0.2, 0.25) is 0 Å². The van der Waals surface area contributed by atoms with Gasteiger partial charge in [0.05, 0.1) is 5.56 Å². The number of nitrogens with one attached hydrogen (secondary N) is 4. The smallest absolute Gasteiger partial charge is 0.407 e. The molecule has 1 atom stereocenters. The SMILES string of the molecule is CN(C(=O)c1coc(S(=N)(=O)NC(=O)Nc2c3c(cc4c2CCC4)CCC3)c1)C1CC(NC(=O)OC(C)(C)C)C1. The van der Waals surface area contributed by atoms with Crippen molar-refractivity contribution in [1.29, 1.82) is 4.78 Å². The number of aryl methyl sites for hydroxylation is 2. The van der Waals surface area contributed by atoms with Crippen LogP contribution in [0.15, 0.2) is 27.9 Å². The minimum absolute atomic E-state index is 0.100. The van der Waals surface area contributed by atoms with E-state index in [0.29, 0.717) is 12.8 Å². The van der Waals surface area contributed by atoms with E-state index < -0.39 is 27.6 Å². The quantitative estimate of drug-likeness (QED) is 0.400. The molecule has 4 N–H and O–H groups in total. The Balaban J connectivity index is 1.18. The Kier molecular flexibility index (Phi) is 7.32. The van der Waals surface area contributed by atoms with Gasteiger partial charge in [-0.05, 0) is 94.4 Å². The minimum Gasteiger partial charge on any atom is -0.452 e. The number of urea groups is 1. The molecule has 40 heavy (non-hydrogen) atoms. The lowest BCUT2D eigenvalue weighted by atomic mass is 9.85. The maximum Gasteiger partial charge on any atom is 0.407 e. The third-order valence-electron chi connectivity index (χ3n) is 7.76. The van der Waals surface area contributed by atoms with Crippen molar-refractivity contribution in [3.05, 3.63) is 46.2 Å². The summed E-state index contributed by atoms with van der Waals surface area (Å²) in [4.78, 5) is 39.4. The fourth-order valence-electron chi connectivity index (χ4n) is 5.73. The van der Waals surface area contributed by atoms with Crippen molar-refractivity contribution in [2.75, 3.05) is 12.4 Å². The lowest BCUT2D eigenvalue weighted by molar-refractivity contribution is 0.0398. The number of ether oxygens (including phenoxy) is 1.